The van der Waals surface area contributed by atoms with Crippen molar-refractivity contribution in [3.8, 4) is 0 Å². The zero-order valence-corrected chi connectivity index (χ0v) is 12.6. The molecule has 1 fully saturated rings. The molecule has 0 bridgehead atoms. The summed E-state index contributed by atoms with van der Waals surface area (Å²) in [7, 11) is 1.43. The highest BCUT2D eigenvalue weighted by Gasteiger charge is 2.42. The molecule has 0 aliphatic carbocycles. The van der Waals surface area contributed by atoms with Crippen molar-refractivity contribution in [3.63, 3.8) is 0 Å². The van der Waals surface area contributed by atoms with Crippen LogP contribution in [-0.2, 0) is 11.8 Å². The molecule has 1 aromatic heterocycles. The Morgan fingerprint density at radius 2 is 2.09 bits per heavy atom. The first-order valence-corrected chi connectivity index (χ1v) is 7.13. The molecule has 0 radical (unpaired) electrons. The molecular weight excluding hydrogens is 290 g/mol. The third-order valence-electron chi connectivity index (χ3n) is 4.33. The Morgan fingerprint density at radius 3 is 2.68 bits per heavy atom. The van der Waals surface area contributed by atoms with Gasteiger partial charge < -0.3 is 14.6 Å². The van der Waals surface area contributed by atoms with Crippen LogP contribution >= 0.6 is 0 Å². The minimum atomic E-state index is -0.971. The van der Waals surface area contributed by atoms with Crippen LogP contribution in [0.25, 0.3) is 0 Å². The summed E-state index contributed by atoms with van der Waals surface area (Å²) < 4.78 is 1.11. The van der Waals surface area contributed by atoms with E-state index in [1.165, 1.54) is 18.1 Å². The van der Waals surface area contributed by atoms with Gasteiger partial charge in [0, 0.05) is 26.3 Å². The molecule has 1 amide bonds. The van der Waals surface area contributed by atoms with Crippen molar-refractivity contribution >= 4 is 11.9 Å². The van der Waals surface area contributed by atoms with Gasteiger partial charge in [-0.15, -0.1) is 0 Å². The smallest absolute Gasteiger partial charge is 0.328 e. The van der Waals surface area contributed by atoms with Gasteiger partial charge >= 0.3 is 11.7 Å². The van der Waals surface area contributed by atoms with Crippen molar-refractivity contribution in [2.75, 3.05) is 13.1 Å². The Kier molecular flexibility index (Phi) is 4.20. The molecule has 1 aliphatic heterocycles. The van der Waals surface area contributed by atoms with E-state index in [4.69, 9.17) is 0 Å². The van der Waals surface area contributed by atoms with E-state index in [2.05, 4.69) is 4.98 Å². The molecule has 8 nitrogen and oxygen atoms in total. The second kappa shape index (κ2) is 5.78. The number of amides is 1. The van der Waals surface area contributed by atoms with Crippen molar-refractivity contribution in [1.82, 2.24) is 14.5 Å². The molecule has 0 unspecified atom stereocenters. The Balaban J connectivity index is 2.34. The number of hydrogen-bond acceptors (Lipinski definition) is 4. The molecule has 22 heavy (non-hydrogen) atoms. The molecule has 2 N–H and O–H groups in total. The second-order valence-electron chi connectivity index (χ2n) is 5.68. The lowest BCUT2D eigenvalue weighted by molar-refractivity contribution is -0.152. The number of carbonyl (C=O) groups is 2. The number of aromatic amines is 1. The number of aliphatic carboxylic acids is 1. The van der Waals surface area contributed by atoms with Crippen LogP contribution in [0.4, 0.5) is 0 Å². The van der Waals surface area contributed by atoms with E-state index in [1.807, 2.05) is 0 Å². The van der Waals surface area contributed by atoms with E-state index in [0.29, 0.717) is 25.8 Å². The number of nitrogens with zero attached hydrogens (tertiary/aromatic N) is 2. The largest absolute Gasteiger partial charge is 0.481 e. The van der Waals surface area contributed by atoms with Gasteiger partial charge in [0.2, 0.25) is 0 Å². The molecule has 0 saturated carbocycles. The maximum atomic E-state index is 12.5. The fourth-order valence-electron chi connectivity index (χ4n) is 2.81. The van der Waals surface area contributed by atoms with Gasteiger partial charge in [0.1, 0.15) is 5.56 Å². The summed E-state index contributed by atoms with van der Waals surface area (Å²) >= 11 is 0. The number of H-pyrrole nitrogens is 1. The maximum Gasteiger partial charge on any atom is 0.328 e. The number of rotatable bonds is 3. The Labute approximate surface area is 126 Å². The predicted molar refractivity (Wildman–Crippen MR) is 77.8 cm³/mol. The number of piperidine rings is 1. The van der Waals surface area contributed by atoms with Crippen molar-refractivity contribution in [3.05, 3.63) is 32.6 Å². The lowest BCUT2D eigenvalue weighted by atomic mass is 9.77. The average molecular weight is 309 g/mol. The van der Waals surface area contributed by atoms with Crippen LogP contribution in [0.2, 0.25) is 0 Å². The summed E-state index contributed by atoms with van der Waals surface area (Å²) in [5, 5.41) is 9.44. The van der Waals surface area contributed by atoms with E-state index in [0.717, 1.165) is 4.57 Å². The molecule has 0 spiro atoms. The van der Waals surface area contributed by atoms with E-state index in [-0.39, 0.29) is 12.1 Å². The van der Waals surface area contributed by atoms with Gasteiger partial charge in [0.15, 0.2) is 0 Å². The van der Waals surface area contributed by atoms with Crippen LogP contribution < -0.4 is 11.2 Å². The normalized spacial score (nSPS) is 21.6. The third kappa shape index (κ3) is 2.68. The first-order valence-electron chi connectivity index (χ1n) is 7.13. The minimum absolute atomic E-state index is 0.0694. The van der Waals surface area contributed by atoms with Gasteiger partial charge in [-0.3, -0.25) is 19.4 Å². The SMILES string of the molecule is CC[C@]1(C(=O)O)CCCN(C(=O)c2cn(C)c(=O)[nH]c2=O)C1. The van der Waals surface area contributed by atoms with Crippen LogP contribution in [0.1, 0.15) is 36.5 Å². The predicted octanol–water partition coefficient (Wildman–Crippen LogP) is -0.209. The summed E-state index contributed by atoms with van der Waals surface area (Å²) in [6.45, 7) is 2.25. The average Bonchev–Trinajstić information content (AvgIpc) is 2.50. The van der Waals surface area contributed by atoms with Gasteiger partial charge in [-0.05, 0) is 19.3 Å². The van der Waals surface area contributed by atoms with Crippen LogP contribution in [0.5, 0.6) is 0 Å². The zero-order chi connectivity index (χ0) is 16.5. The highest BCUT2D eigenvalue weighted by Crippen LogP contribution is 2.34. The fourth-order valence-corrected chi connectivity index (χ4v) is 2.81. The Bertz CT molecular complexity index is 720. The van der Waals surface area contributed by atoms with Crippen molar-refractivity contribution in [2.45, 2.75) is 26.2 Å². The quantitative estimate of drug-likeness (QED) is 0.802. The molecule has 1 atom stereocenters. The lowest BCUT2D eigenvalue weighted by Gasteiger charge is -2.39. The first-order chi connectivity index (χ1) is 10.3. The van der Waals surface area contributed by atoms with E-state index in [9.17, 15) is 24.3 Å². The molecule has 120 valence electrons. The fraction of sp³-hybridized carbons (Fsp3) is 0.571. The Hall–Kier alpha value is -2.38. The lowest BCUT2D eigenvalue weighted by Crippen LogP contribution is -2.50. The highest BCUT2D eigenvalue weighted by molar-refractivity contribution is 5.94. The van der Waals surface area contributed by atoms with Crippen molar-refractivity contribution < 1.29 is 14.7 Å². The molecule has 2 heterocycles. The third-order valence-corrected chi connectivity index (χ3v) is 4.33. The Morgan fingerprint density at radius 1 is 1.41 bits per heavy atom. The summed E-state index contributed by atoms with van der Waals surface area (Å²) in [5.74, 6) is -1.47. The van der Waals surface area contributed by atoms with E-state index >= 15 is 0 Å². The van der Waals surface area contributed by atoms with E-state index in [1.54, 1.807) is 6.92 Å². The van der Waals surface area contributed by atoms with Crippen LogP contribution in [-0.4, -0.2) is 44.5 Å². The molecule has 1 aliphatic rings. The zero-order valence-electron chi connectivity index (χ0n) is 12.6. The summed E-state index contributed by atoms with van der Waals surface area (Å²) in [4.78, 5) is 50.6. The van der Waals surface area contributed by atoms with Gasteiger partial charge in [-0.1, -0.05) is 6.92 Å². The number of nitrogens with one attached hydrogen (secondary N) is 1. The van der Waals surface area contributed by atoms with Gasteiger partial charge in [-0.25, -0.2) is 4.79 Å². The van der Waals surface area contributed by atoms with E-state index < -0.39 is 28.5 Å². The summed E-state index contributed by atoms with van der Waals surface area (Å²) in [6.07, 6.45) is 2.67. The minimum Gasteiger partial charge on any atom is -0.481 e. The number of likely N-dealkylation sites (tertiary alicyclic amines) is 1. The highest BCUT2D eigenvalue weighted by atomic mass is 16.4. The van der Waals surface area contributed by atoms with Crippen molar-refractivity contribution in [1.29, 1.82) is 0 Å². The number of carboxylic acids is 1. The molecule has 8 heteroatoms. The van der Waals surface area contributed by atoms with Crippen LogP contribution in [0.3, 0.4) is 0 Å². The topological polar surface area (TPSA) is 112 Å². The molecule has 1 aromatic rings. The van der Waals surface area contributed by atoms with Crippen LogP contribution in [0, 0.1) is 5.41 Å². The summed E-state index contributed by atoms with van der Waals surface area (Å²) in [6, 6.07) is 0. The number of hydrogen-bond donors (Lipinski definition) is 2. The van der Waals surface area contributed by atoms with Gasteiger partial charge in [-0.2, -0.15) is 0 Å². The summed E-state index contributed by atoms with van der Waals surface area (Å²) in [5.41, 5.74) is -2.48. The monoisotopic (exact) mass is 309 g/mol. The van der Waals surface area contributed by atoms with Gasteiger partial charge in [0.25, 0.3) is 11.5 Å². The number of carbonyl (C=O) groups excluding carboxylic acids is 1. The van der Waals surface area contributed by atoms with Gasteiger partial charge in [0.05, 0.1) is 5.41 Å². The standard InChI is InChI=1S/C14H19N3O5/c1-3-14(12(20)21)5-4-6-17(8-14)11(19)9-7-16(2)13(22)15-10(9)18/h7H,3-6,8H2,1-2H3,(H,20,21)(H,15,18,22)/t14-/m0/s1. The number of carboxylic acid groups (broad SMARTS) is 1. The molecular formula is C14H19N3O5. The van der Waals surface area contributed by atoms with Crippen molar-refractivity contribution in [2.24, 2.45) is 12.5 Å². The number of aromatic nitrogens is 2. The second-order valence-corrected chi connectivity index (χ2v) is 5.68. The first kappa shape index (κ1) is 16.0. The molecule has 2 rings (SSSR count). The molecule has 1 saturated heterocycles. The maximum absolute atomic E-state index is 12.5. The van der Waals surface area contributed by atoms with Crippen LogP contribution in [0.15, 0.2) is 15.8 Å². The molecule has 0 aromatic carbocycles. The number of aryl methyl sites for hydroxylation is 1.